The Kier molecular flexibility index (Phi) is 6.47. The molecule has 2 aromatic rings. The van der Waals surface area contributed by atoms with E-state index < -0.39 is 6.36 Å². The first-order valence-electron chi connectivity index (χ1n) is 6.91. The van der Waals surface area contributed by atoms with Crippen LogP contribution in [0.15, 0.2) is 36.4 Å². The van der Waals surface area contributed by atoms with Gasteiger partial charge in [0.05, 0.1) is 0 Å². The van der Waals surface area contributed by atoms with Gasteiger partial charge in [-0.15, -0.1) is 25.6 Å². The van der Waals surface area contributed by atoms with E-state index in [-0.39, 0.29) is 18.2 Å². The van der Waals surface area contributed by atoms with Crippen LogP contribution in [0.2, 0.25) is 0 Å². The molecule has 0 saturated heterocycles. The summed E-state index contributed by atoms with van der Waals surface area (Å²) in [4.78, 5) is 0. The number of benzene rings is 2. The van der Waals surface area contributed by atoms with Crippen LogP contribution in [0.25, 0.3) is 11.1 Å². The monoisotopic (exact) mass is 345 g/mol. The Morgan fingerprint density at radius 3 is 1.91 bits per heavy atom. The van der Waals surface area contributed by atoms with Crippen LogP contribution in [0.1, 0.15) is 16.7 Å². The fraction of sp³-hybridized carbons (Fsp3) is 0.294. The van der Waals surface area contributed by atoms with Crippen molar-refractivity contribution in [3.63, 3.8) is 0 Å². The van der Waals surface area contributed by atoms with Crippen molar-refractivity contribution >= 4 is 12.4 Å². The first kappa shape index (κ1) is 19.3. The van der Waals surface area contributed by atoms with Gasteiger partial charge in [0.15, 0.2) is 0 Å². The molecule has 0 spiro atoms. The zero-order valence-corrected chi connectivity index (χ0v) is 13.9. The molecule has 0 unspecified atom stereocenters. The van der Waals surface area contributed by atoms with Crippen LogP contribution >= 0.6 is 12.4 Å². The third kappa shape index (κ3) is 5.15. The number of nitrogens with one attached hydrogen (secondary N) is 1. The first-order valence-corrected chi connectivity index (χ1v) is 6.91. The molecule has 0 heterocycles. The number of ether oxygens (including phenoxy) is 1. The maximum atomic E-state index is 12.2. The van der Waals surface area contributed by atoms with E-state index in [1.54, 1.807) is 12.1 Å². The van der Waals surface area contributed by atoms with Gasteiger partial charge in [-0.25, -0.2) is 0 Å². The van der Waals surface area contributed by atoms with Crippen molar-refractivity contribution in [3.8, 4) is 16.9 Å². The second-order valence-corrected chi connectivity index (χ2v) is 5.19. The van der Waals surface area contributed by atoms with Crippen LogP contribution in [0.5, 0.6) is 5.75 Å². The molecule has 2 aromatic carbocycles. The molecule has 0 aliphatic rings. The van der Waals surface area contributed by atoms with E-state index in [1.807, 2.05) is 33.0 Å². The zero-order valence-electron chi connectivity index (χ0n) is 13.1. The summed E-state index contributed by atoms with van der Waals surface area (Å²) in [5, 5.41) is 3.13. The van der Waals surface area contributed by atoms with Gasteiger partial charge in [0.1, 0.15) is 5.75 Å². The predicted octanol–water partition coefficient (Wildman–Crippen LogP) is 5.01. The Hall–Kier alpha value is -1.72. The van der Waals surface area contributed by atoms with E-state index in [2.05, 4.69) is 10.1 Å². The molecule has 0 radical (unpaired) electrons. The number of hydrogen-bond donors (Lipinski definition) is 1. The quantitative estimate of drug-likeness (QED) is 0.841. The summed E-state index contributed by atoms with van der Waals surface area (Å²) in [6, 6.07) is 10.0. The minimum Gasteiger partial charge on any atom is -0.406 e. The van der Waals surface area contributed by atoms with Gasteiger partial charge in [0, 0.05) is 6.54 Å². The molecule has 126 valence electrons. The fourth-order valence-electron chi connectivity index (χ4n) is 2.46. The summed E-state index contributed by atoms with van der Waals surface area (Å²) in [5.41, 5.74) is 5.38. The molecular formula is C17H19ClF3NO. The third-order valence-electron chi connectivity index (χ3n) is 3.47. The van der Waals surface area contributed by atoms with E-state index in [0.29, 0.717) is 0 Å². The maximum absolute atomic E-state index is 12.2. The van der Waals surface area contributed by atoms with Gasteiger partial charge >= 0.3 is 6.36 Å². The van der Waals surface area contributed by atoms with Crippen molar-refractivity contribution in [1.29, 1.82) is 0 Å². The van der Waals surface area contributed by atoms with Gasteiger partial charge in [-0.1, -0.05) is 24.3 Å². The Morgan fingerprint density at radius 2 is 1.48 bits per heavy atom. The van der Waals surface area contributed by atoms with Crippen LogP contribution in [0, 0.1) is 13.8 Å². The maximum Gasteiger partial charge on any atom is 0.573 e. The Bertz CT molecular complexity index is 631. The third-order valence-corrected chi connectivity index (χ3v) is 3.47. The lowest BCUT2D eigenvalue weighted by Gasteiger charge is -2.13. The summed E-state index contributed by atoms with van der Waals surface area (Å²) in [6.07, 6.45) is -4.66. The van der Waals surface area contributed by atoms with Crippen molar-refractivity contribution in [2.45, 2.75) is 26.8 Å². The first-order chi connectivity index (χ1) is 10.3. The number of alkyl halides is 3. The Labute approximate surface area is 140 Å². The molecule has 0 amide bonds. The number of halogens is 4. The highest BCUT2D eigenvalue weighted by atomic mass is 35.5. The molecule has 2 nitrogen and oxygen atoms in total. The minimum absolute atomic E-state index is 0. The molecule has 0 aliphatic heterocycles. The van der Waals surface area contributed by atoms with Gasteiger partial charge in [-0.2, -0.15) is 0 Å². The average Bonchev–Trinajstić information content (AvgIpc) is 2.42. The summed E-state index contributed by atoms with van der Waals surface area (Å²) < 4.78 is 40.4. The van der Waals surface area contributed by atoms with Crippen LogP contribution in [0.4, 0.5) is 13.2 Å². The van der Waals surface area contributed by atoms with E-state index in [4.69, 9.17) is 0 Å². The Balaban J connectivity index is 0.00000264. The van der Waals surface area contributed by atoms with Crippen LogP contribution in [-0.4, -0.2) is 13.4 Å². The second kappa shape index (κ2) is 7.70. The lowest BCUT2D eigenvalue weighted by atomic mass is 9.95. The molecule has 0 fully saturated rings. The molecule has 6 heteroatoms. The molecule has 0 aromatic heterocycles. The number of rotatable bonds is 4. The lowest BCUT2D eigenvalue weighted by molar-refractivity contribution is -0.274. The van der Waals surface area contributed by atoms with Crippen LogP contribution in [0.3, 0.4) is 0 Å². The largest absolute Gasteiger partial charge is 0.573 e. The molecule has 0 bridgehead atoms. The smallest absolute Gasteiger partial charge is 0.406 e. The lowest BCUT2D eigenvalue weighted by Crippen LogP contribution is -2.16. The van der Waals surface area contributed by atoms with Crippen molar-refractivity contribution < 1.29 is 17.9 Å². The van der Waals surface area contributed by atoms with Crippen molar-refractivity contribution in [2.24, 2.45) is 0 Å². The van der Waals surface area contributed by atoms with Crippen LogP contribution < -0.4 is 10.1 Å². The zero-order chi connectivity index (χ0) is 16.3. The molecule has 2 rings (SSSR count). The molecule has 23 heavy (non-hydrogen) atoms. The summed E-state index contributed by atoms with van der Waals surface area (Å²) in [6.45, 7) is 4.85. The predicted molar refractivity (Wildman–Crippen MR) is 88.0 cm³/mol. The van der Waals surface area contributed by atoms with E-state index in [9.17, 15) is 13.2 Å². The summed E-state index contributed by atoms with van der Waals surface area (Å²) in [5.74, 6) is -0.212. The van der Waals surface area contributed by atoms with Gasteiger partial charge in [0.25, 0.3) is 0 Å². The summed E-state index contributed by atoms with van der Waals surface area (Å²) in [7, 11) is 1.90. The average molecular weight is 346 g/mol. The molecule has 1 N–H and O–H groups in total. The van der Waals surface area contributed by atoms with Crippen molar-refractivity contribution in [3.05, 3.63) is 53.1 Å². The molecule has 0 atom stereocenters. The summed E-state index contributed by atoms with van der Waals surface area (Å²) >= 11 is 0. The van der Waals surface area contributed by atoms with Crippen LogP contribution in [-0.2, 0) is 6.54 Å². The number of hydrogen-bond acceptors (Lipinski definition) is 2. The van der Waals surface area contributed by atoms with Crippen molar-refractivity contribution in [2.75, 3.05) is 7.05 Å². The van der Waals surface area contributed by atoms with Gasteiger partial charge in [0.2, 0.25) is 0 Å². The topological polar surface area (TPSA) is 21.3 Å². The highest BCUT2D eigenvalue weighted by molar-refractivity contribution is 5.85. The highest BCUT2D eigenvalue weighted by Gasteiger charge is 2.30. The van der Waals surface area contributed by atoms with Gasteiger partial charge in [-0.05, 0) is 60.8 Å². The molecular weight excluding hydrogens is 327 g/mol. The fourth-order valence-corrected chi connectivity index (χ4v) is 2.46. The second-order valence-electron chi connectivity index (χ2n) is 5.19. The van der Waals surface area contributed by atoms with Crippen molar-refractivity contribution in [1.82, 2.24) is 5.32 Å². The van der Waals surface area contributed by atoms with Gasteiger partial charge < -0.3 is 10.1 Å². The minimum atomic E-state index is -4.66. The number of aryl methyl sites for hydroxylation is 2. The molecule has 0 aliphatic carbocycles. The van der Waals surface area contributed by atoms with Gasteiger partial charge in [-0.3, -0.25) is 0 Å². The Morgan fingerprint density at radius 1 is 0.957 bits per heavy atom. The normalized spacial score (nSPS) is 11.0. The van der Waals surface area contributed by atoms with E-state index in [1.165, 1.54) is 17.7 Å². The van der Waals surface area contributed by atoms with E-state index >= 15 is 0 Å². The van der Waals surface area contributed by atoms with E-state index in [0.717, 1.165) is 28.8 Å². The molecule has 0 saturated carbocycles. The SMILES string of the molecule is CNCc1c(C)cc(-c2ccc(OC(F)(F)F)cc2)cc1C.Cl. The standard InChI is InChI=1S/C17H18F3NO.ClH/c1-11-8-14(9-12(2)16(11)10-21-3)13-4-6-15(7-5-13)22-17(18,19)20;/h4-9,21H,10H2,1-3H3;1H. The highest BCUT2D eigenvalue weighted by Crippen LogP contribution is 2.29.